The molecule has 1 heterocycles. The van der Waals surface area contributed by atoms with Crippen LogP contribution in [0.1, 0.15) is 47.8 Å². The van der Waals surface area contributed by atoms with Gasteiger partial charge in [0.2, 0.25) is 5.91 Å². The van der Waals surface area contributed by atoms with Crippen LogP contribution in [0.3, 0.4) is 0 Å². The lowest BCUT2D eigenvalue weighted by molar-refractivity contribution is -0.117. The Hall–Kier alpha value is -3.31. The number of carbonyl (C=O) groups is 2. The first kappa shape index (κ1) is 22.9. The van der Waals surface area contributed by atoms with Gasteiger partial charge in [0.25, 0.3) is 5.91 Å². The van der Waals surface area contributed by atoms with E-state index in [0.29, 0.717) is 22.8 Å². The molecule has 3 aromatic rings. The second kappa shape index (κ2) is 9.28. The number of carbonyl (C=O) groups excluding carboxylic acids is 2. The third kappa shape index (κ3) is 4.33. The molecule has 0 saturated heterocycles. The zero-order chi connectivity index (χ0) is 23.7. The molecular formula is C27H27ClN2O3. The standard InChI is InChI=1S/C27H27ClN2O3/c1-17-6-5-7-24-26(17)25(30(19(3)31)22-12-10-21(28)11-13-22)16-18(2)29(24)27(32)20-8-14-23(33-4)15-9-20/h5-15,18,25H,16H2,1-4H3/t18-,25+/m1/s1. The lowest BCUT2D eigenvalue weighted by atomic mass is 9.86. The molecule has 0 radical (unpaired) electrons. The summed E-state index contributed by atoms with van der Waals surface area (Å²) in [4.78, 5) is 30.1. The zero-order valence-electron chi connectivity index (χ0n) is 19.2. The minimum absolute atomic E-state index is 0.0568. The van der Waals surface area contributed by atoms with Gasteiger partial charge in [0.15, 0.2) is 0 Å². The van der Waals surface area contributed by atoms with Crippen LogP contribution in [0, 0.1) is 6.92 Å². The van der Waals surface area contributed by atoms with Crippen LogP contribution in [0.25, 0.3) is 0 Å². The van der Waals surface area contributed by atoms with Crippen LogP contribution >= 0.6 is 11.6 Å². The minimum Gasteiger partial charge on any atom is -0.497 e. The van der Waals surface area contributed by atoms with Crippen LogP contribution in [0.2, 0.25) is 5.02 Å². The number of ether oxygens (including phenoxy) is 1. The van der Waals surface area contributed by atoms with Crippen LogP contribution in [-0.4, -0.2) is 25.0 Å². The van der Waals surface area contributed by atoms with E-state index in [9.17, 15) is 9.59 Å². The molecular weight excluding hydrogens is 436 g/mol. The summed E-state index contributed by atoms with van der Waals surface area (Å²) in [6, 6.07) is 20.1. The number of anilines is 2. The van der Waals surface area contributed by atoms with Crippen molar-refractivity contribution in [1.29, 1.82) is 0 Å². The molecule has 0 aliphatic carbocycles. The van der Waals surface area contributed by atoms with E-state index in [1.165, 1.54) is 0 Å². The van der Waals surface area contributed by atoms with Gasteiger partial charge in [0, 0.05) is 40.5 Å². The molecule has 0 N–H and O–H groups in total. The highest BCUT2D eigenvalue weighted by molar-refractivity contribution is 6.30. The molecule has 0 unspecified atom stereocenters. The fraction of sp³-hybridized carbons (Fsp3) is 0.259. The van der Waals surface area contributed by atoms with Crippen molar-refractivity contribution in [3.8, 4) is 5.75 Å². The summed E-state index contributed by atoms with van der Waals surface area (Å²) >= 11 is 6.09. The largest absolute Gasteiger partial charge is 0.497 e. The van der Waals surface area contributed by atoms with E-state index in [2.05, 4.69) is 0 Å². The molecule has 1 aliphatic rings. The van der Waals surface area contributed by atoms with Gasteiger partial charge in [-0.05, 0) is 80.4 Å². The number of fused-ring (bicyclic) bond motifs is 1. The SMILES string of the molecule is COc1ccc(C(=O)N2c3cccc(C)c3[C@@H](N(C(C)=O)c3ccc(Cl)cc3)C[C@H]2C)cc1. The minimum atomic E-state index is -0.199. The fourth-order valence-corrected chi connectivity index (χ4v) is 4.82. The van der Waals surface area contributed by atoms with E-state index >= 15 is 0 Å². The second-order valence-electron chi connectivity index (χ2n) is 8.38. The van der Waals surface area contributed by atoms with Crippen molar-refractivity contribution in [2.24, 2.45) is 0 Å². The van der Waals surface area contributed by atoms with Gasteiger partial charge < -0.3 is 14.5 Å². The fourth-order valence-electron chi connectivity index (χ4n) is 4.69. The number of benzene rings is 3. The lowest BCUT2D eigenvalue weighted by Crippen LogP contribution is -2.47. The van der Waals surface area contributed by atoms with Gasteiger partial charge in [0.1, 0.15) is 5.75 Å². The molecule has 3 aromatic carbocycles. The second-order valence-corrected chi connectivity index (χ2v) is 8.81. The summed E-state index contributed by atoms with van der Waals surface area (Å²) in [5.74, 6) is 0.574. The van der Waals surface area contributed by atoms with Gasteiger partial charge in [0.05, 0.1) is 13.2 Å². The van der Waals surface area contributed by atoms with Crippen LogP contribution in [0.5, 0.6) is 5.75 Å². The Morgan fingerprint density at radius 3 is 2.30 bits per heavy atom. The Bertz CT molecular complexity index is 1170. The molecule has 0 spiro atoms. The topological polar surface area (TPSA) is 49.9 Å². The Kier molecular flexibility index (Phi) is 6.43. The van der Waals surface area contributed by atoms with E-state index in [4.69, 9.17) is 16.3 Å². The molecule has 2 amide bonds. The Balaban J connectivity index is 1.80. The van der Waals surface area contributed by atoms with Crippen molar-refractivity contribution < 1.29 is 14.3 Å². The van der Waals surface area contributed by atoms with Crippen LogP contribution in [0.15, 0.2) is 66.7 Å². The van der Waals surface area contributed by atoms with E-state index in [1.54, 1.807) is 50.4 Å². The molecule has 5 nitrogen and oxygen atoms in total. The highest BCUT2D eigenvalue weighted by Gasteiger charge is 2.39. The van der Waals surface area contributed by atoms with Gasteiger partial charge in [-0.3, -0.25) is 9.59 Å². The van der Waals surface area contributed by atoms with Gasteiger partial charge >= 0.3 is 0 Å². The van der Waals surface area contributed by atoms with Gasteiger partial charge in [-0.2, -0.15) is 0 Å². The average molecular weight is 463 g/mol. The Morgan fingerprint density at radius 1 is 1.03 bits per heavy atom. The highest BCUT2D eigenvalue weighted by Crippen LogP contribution is 2.44. The van der Waals surface area contributed by atoms with E-state index in [1.807, 2.05) is 54.0 Å². The van der Waals surface area contributed by atoms with Crippen LogP contribution in [0.4, 0.5) is 11.4 Å². The van der Waals surface area contributed by atoms with Gasteiger partial charge in [-0.15, -0.1) is 0 Å². The molecule has 0 saturated carbocycles. The van der Waals surface area contributed by atoms with Crippen molar-refractivity contribution in [3.05, 3.63) is 88.4 Å². The monoisotopic (exact) mass is 462 g/mol. The first-order valence-electron chi connectivity index (χ1n) is 10.9. The molecule has 4 rings (SSSR count). The van der Waals surface area contributed by atoms with Crippen molar-refractivity contribution in [1.82, 2.24) is 0 Å². The Morgan fingerprint density at radius 2 is 1.70 bits per heavy atom. The number of amides is 2. The maximum atomic E-state index is 13.6. The number of methoxy groups -OCH3 is 1. The van der Waals surface area contributed by atoms with Gasteiger partial charge in [-0.25, -0.2) is 0 Å². The maximum absolute atomic E-state index is 13.6. The predicted molar refractivity (Wildman–Crippen MR) is 132 cm³/mol. The van der Waals surface area contributed by atoms with E-state index in [0.717, 1.165) is 22.5 Å². The molecule has 170 valence electrons. The molecule has 0 aromatic heterocycles. The summed E-state index contributed by atoms with van der Waals surface area (Å²) < 4.78 is 5.23. The Labute approximate surface area is 199 Å². The lowest BCUT2D eigenvalue weighted by Gasteiger charge is -2.44. The molecule has 2 atom stereocenters. The number of halogens is 1. The average Bonchev–Trinajstić information content (AvgIpc) is 2.80. The third-order valence-electron chi connectivity index (χ3n) is 6.21. The molecule has 0 fully saturated rings. The van der Waals surface area contributed by atoms with Crippen LogP contribution < -0.4 is 14.5 Å². The summed E-state index contributed by atoms with van der Waals surface area (Å²) in [5.41, 5.74) is 4.24. The number of rotatable bonds is 4. The highest BCUT2D eigenvalue weighted by atomic mass is 35.5. The number of hydrogen-bond donors (Lipinski definition) is 0. The zero-order valence-corrected chi connectivity index (χ0v) is 20.0. The normalized spacial score (nSPS) is 17.3. The molecule has 0 bridgehead atoms. The van der Waals surface area contributed by atoms with E-state index < -0.39 is 0 Å². The maximum Gasteiger partial charge on any atom is 0.258 e. The summed E-state index contributed by atoms with van der Waals surface area (Å²) in [6.07, 6.45) is 0.613. The molecule has 6 heteroatoms. The first-order valence-corrected chi connectivity index (χ1v) is 11.3. The van der Waals surface area contributed by atoms with Crippen molar-refractivity contribution in [3.63, 3.8) is 0 Å². The molecule has 1 aliphatic heterocycles. The summed E-state index contributed by atoms with van der Waals surface area (Å²) in [5, 5.41) is 0.618. The van der Waals surface area contributed by atoms with Crippen molar-refractivity contribution in [2.45, 2.75) is 39.3 Å². The van der Waals surface area contributed by atoms with Crippen molar-refractivity contribution >= 4 is 34.8 Å². The molecule has 33 heavy (non-hydrogen) atoms. The third-order valence-corrected chi connectivity index (χ3v) is 6.46. The summed E-state index contributed by atoms with van der Waals surface area (Å²) in [7, 11) is 1.60. The predicted octanol–water partition coefficient (Wildman–Crippen LogP) is 6.19. The summed E-state index contributed by atoms with van der Waals surface area (Å²) in [6.45, 7) is 5.63. The van der Waals surface area contributed by atoms with Crippen LogP contribution in [-0.2, 0) is 4.79 Å². The van der Waals surface area contributed by atoms with E-state index in [-0.39, 0.29) is 23.9 Å². The van der Waals surface area contributed by atoms with Crippen molar-refractivity contribution in [2.75, 3.05) is 16.9 Å². The quantitative estimate of drug-likeness (QED) is 0.464. The number of hydrogen-bond acceptors (Lipinski definition) is 3. The smallest absolute Gasteiger partial charge is 0.258 e. The number of aryl methyl sites for hydroxylation is 1. The van der Waals surface area contributed by atoms with Gasteiger partial charge in [-0.1, -0.05) is 23.7 Å². The first-order chi connectivity index (χ1) is 15.8. The number of nitrogens with zero attached hydrogens (tertiary/aromatic N) is 2.